The van der Waals surface area contributed by atoms with Gasteiger partial charge in [0.1, 0.15) is 0 Å². The number of aromatic nitrogens is 3. The van der Waals surface area contributed by atoms with E-state index in [1.165, 1.54) is 11.1 Å². The van der Waals surface area contributed by atoms with Gasteiger partial charge in [-0.1, -0.05) is 6.07 Å². The molecule has 15 heavy (non-hydrogen) atoms. The van der Waals surface area contributed by atoms with E-state index < -0.39 is 0 Å². The van der Waals surface area contributed by atoms with Crippen molar-refractivity contribution >= 4 is 5.95 Å². The van der Waals surface area contributed by atoms with Crippen molar-refractivity contribution in [1.82, 2.24) is 14.5 Å². The Kier molecular flexibility index (Phi) is 2.67. The summed E-state index contributed by atoms with van der Waals surface area (Å²) in [7, 11) is 0. The minimum atomic E-state index is 0.565. The van der Waals surface area contributed by atoms with Crippen LogP contribution in [0.4, 0.5) is 5.95 Å². The number of imidazole rings is 1. The average molecular weight is 202 g/mol. The largest absolute Gasteiger partial charge is 0.369 e. The molecule has 0 aromatic carbocycles. The van der Waals surface area contributed by atoms with Gasteiger partial charge in [-0.05, 0) is 24.5 Å². The number of hydrogen-bond acceptors (Lipinski definition) is 3. The van der Waals surface area contributed by atoms with Crippen LogP contribution in [-0.2, 0) is 13.0 Å². The zero-order chi connectivity index (χ0) is 10.7. The Hall–Kier alpha value is -1.84. The normalized spacial score (nSPS) is 10.5. The van der Waals surface area contributed by atoms with Crippen molar-refractivity contribution in [3.05, 3.63) is 42.0 Å². The third kappa shape index (κ3) is 2.34. The SMILES string of the molecule is Cc1cncc(CCn2ccnc2N)c1. The van der Waals surface area contributed by atoms with Gasteiger partial charge in [-0.2, -0.15) is 0 Å². The number of nitrogen functional groups attached to an aromatic ring is 1. The average Bonchev–Trinajstić information content (AvgIpc) is 2.61. The molecule has 2 aromatic rings. The fourth-order valence-corrected chi connectivity index (χ4v) is 1.53. The molecule has 0 aliphatic heterocycles. The highest BCUT2D eigenvalue weighted by Gasteiger charge is 1.98. The molecule has 0 atom stereocenters. The van der Waals surface area contributed by atoms with E-state index in [0.29, 0.717) is 5.95 Å². The zero-order valence-corrected chi connectivity index (χ0v) is 8.72. The zero-order valence-electron chi connectivity index (χ0n) is 8.72. The summed E-state index contributed by atoms with van der Waals surface area (Å²) in [5.41, 5.74) is 8.08. The first-order valence-corrected chi connectivity index (χ1v) is 4.93. The summed E-state index contributed by atoms with van der Waals surface area (Å²) in [6, 6.07) is 2.14. The second kappa shape index (κ2) is 4.13. The fourth-order valence-electron chi connectivity index (χ4n) is 1.53. The molecule has 4 heteroatoms. The molecule has 0 radical (unpaired) electrons. The van der Waals surface area contributed by atoms with Crippen LogP contribution in [0.2, 0.25) is 0 Å². The van der Waals surface area contributed by atoms with Crippen LogP contribution in [0.5, 0.6) is 0 Å². The smallest absolute Gasteiger partial charge is 0.200 e. The first kappa shape index (κ1) is 9.71. The Bertz CT molecular complexity index is 447. The Balaban J connectivity index is 2.02. The maximum absolute atomic E-state index is 5.67. The van der Waals surface area contributed by atoms with E-state index in [1.54, 1.807) is 6.20 Å². The molecule has 0 amide bonds. The topological polar surface area (TPSA) is 56.7 Å². The predicted octanol–water partition coefficient (Wildman–Crippen LogP) is 1.41. The summed E-state index contributed by atoms with van der Waals surface area (Å²) in [4.78, 5) is 8.12. The van der Waals surface area contributed by atoms with Gasteiger partial charge in [0.05, 0.1) is 0 Å². The van der Waals surface area contributed by atoms with E-state index in [-0.39, 0.29) is 0 Å². The molecule has 2 N–H and O–H groups in total. The quantitative estimate of drug-likeness (QED) is 0.818. The summed E-state index contributed by atoms with van der Waals surface area (Å²) in [6.45, 7) is 2.89. The Morgan fingerprint density at radius 1 is 1.40 bits per heavy atom. The Morgan fingerprint density at radius 3 is 2.93 bits per heavy atom. The first-order chi connectivity index (χ1) is 7.25. The van der Waals surface area contributed by atoms with E-state index in [9.17, 15) is 0 Å². The molecule has 0 unspecified atom stereocenters. The van der Waals surface area contributed by atoms with Crippen molar-refractivity contribution in [2.24, 2.45) is 0 Å². The van der Waals surface area contributed by atoms with Gasteiger partial charge in [-0.3, -0.25) is 4.98 Å². The maximum Gasteiger partial charge on any atom is 0.200 e. The van der Waals surface area contributed by atoms with Crippen LogP contribution in [0.1, 0.15) is 11.1 Å². The lowest BCUT2D eigenvalue weighted by Crippen LogP contribution is -2.05. The monoisotopic (exact) mass is 202 g/mol. The van der Waals surface area contributed by atoms with E-state index in [4.69, 9.17) is 5.73 Å². The number of nitrogens with zero attached hydrogens (tertiary/aromatic N) is 3. The molecule has 0 saturated carbocycles. The van der Waals surface area contributed by atoms with Gasteiger partial charge in [-0.25, -0.2) is 4.98 Å². The van der Waals surface area contributed by atoms with Crippen molar-refractivity contribution in [2.45, 2.75) is 19.9 Å². The molecular formula is C11H14N4. The number of nitrogens with two attached hydrogens (primary N) is 1. The van der Waals surface area contributed by atoms with Crippen LogP contribution >= 0.6 is 0 Å². The van der Waals surface area contributed by atoms with Gasteiger partial charge in [0.15, 0.2) is 5.95 Å². The predicted molar refractivity (Wildman–Crippen MR) is 59.3 cm³/mol. The number of aryl methyl sites for hydroxylation is 3. The third-order valence-corrected chi connectivity index (χ3v) is 2.32. The second-order valence-corrected chi connectivity index (χ2v) is 3.60. The molecular weight excluding hydrogens is 188 g/mol. The molecule has 0 fully saturated rings. The lowest BCUT2D eigenvalue weighted by molar-refractivity contribution is 0.704. The van der Waals surface area contributed by atoms with Gasteiger partial charge in [0.2, 0.25) is 0 Å². The highest BCUT2D eigenvalue weighted by molar-refractivity contribution is 5.19. The van der Waals surface area contributed by atoms with E-state index in [1.807, 2.05) is 30.1 Å². The number of anilines is 1. The van der Waals surface area contributed by atoms with Crippen LogP contribution in [0.15, 0.2) is 30.9 Å². The number of hydrogen-bond donors (Lipinski definition) is 1. The van der Waals surface area contributed by atoms with Crippen molar-refractivity contribution in [1.29, 1.82) is 0 Å². The molecule has 2 aromatic heterocycles. The van der Waals surface area contributed by atoms with Crippen LogP contribution < -0.4 is 5.73 Å². The summed E-state index contributed by atoms with van der Waals surface area (Å²) < 4.78 is 1.93. The van der Waals surface area contributed by atoms with Crippen LogP contribution in [0.3, 0.4) is 0 Å². The molecule has 4 nitrogen and oxygen atoms in total. The summed E-state index contributed by atoms with van der Waals surface area (Å²) in [5, 5.41) is 0. The van der Waals surface area contributed by atoms with Crippen LogP contribution in [-0.4, -0.2) is 14.5 Å². The van der Waals surface area contributed by atoms with Gasteiger partial charge >= 0.3 is 0 Å². The number of pyridine rings is 1. The van der Waals surface area contributed by atoms with E-state index in [2.05, 4.69) is 16.0 Å². The minimum absolute atomic E-state index is 0.565. The van der Waals surface area contributed by atoms with Gasteiger partial charge < -0.3 is 10.3 Å². The van der Waals surface area contributed by atoms with E-state index >= 15 is 0 Å². The van der Waals surface area contributed by atoms with Crippen molar-refractivity contribution < 1.29 is 0 Å². The Labute approximate surface area is 88.8 Å². The highest BCUT2D eigenvalue weighted by Crippen LogP contribution is 2.05. The molecule has 0 spiro atoms. The standard InChI is InChI=1S/C11H14N4/c1-9-6-10(8-13-7-9)2-4-15-5-3-14-11(15)12/h3,5-8H,2,4H2,1H3,(H2,12,14). The number of rotatable bonds is 3. The summed E-state index contributed by atoms with van der Waals surface area (Å²) in [6.07, 6.45) is 8.27. The minimum Gasteiger partial charge on any atom is -0.369 e. The summed E-state index contributed by atoms with van der Waals surface area (Å²) in [5.74, 6) is 0.565. The summed E-state index contributed by atoms with van der Waals surface area (Å²) >= 11 is 0. The molecule has 2 heterocycles. The lowest BCUT2D eigenvalue weighted by atomic mass is 10.1. The van der Waals surface area contributed by atoms with Crippen LogP contribution in [0.25, 0.3) is 0 Å². The fraction of sp³-hybridized carbons (Fsp3) is 0.273. The van der Waals surface area contributed by atoms with Crippen molar-refractivity contribution in [2.75, 3.05) is 5.73 Å². The van der Waals surface area contributed by atoms with Crippen LogP contribution in [0, 0.1) is 6.92 Å². The van der Waals surface area contributed by atoms with Crippen molar-refractivity contribution in [3.63, 3.8) is 0 Å². The molecule has 0 aliphatic carbocycles. The van der Waals surface area contributed by atoms with Gasteiger partial charge in [0, 0.05) is 31.3 Å². The van der Waals surface area contributed by atoms with Crippen molar-refractivity contribution in [3.8, 4) is 0 Å². The molecule has 0 bridgehead atoms. The maximum atomic E-state index is 5.67. The Morgan fingerprint density at radius 2 is 2.27 bits per heavy atom. The molecule has 78 valence electrons. The van der Waals surface area contributed by atoms with Gasteiger partial charge in [0.25, 0.3) is 0 Å². The molecule has 0 saturated heterocycles. The van der Waals surface area contributed by atoms with E-state index in [0.717, 1.165) is 13.0 Å². The van der Waals surface area contributed by atoms with Gasteiger partial charge in [-0.15, -0.1) is 0 Å². The highest BCUT2D eigenvalue weighted by atomic mass is 15.1. The second-order valence-electron chi connectivity index (χ2n) is 3.60. The third-order valence-electron chi connectivity index (χ3n) is 2.32. The molecule has 2 rings (SSSR count). The molecule has 0 aliphatic rings. The first-order valence-electron chi connectivity index (χ1n) is 4.93. The lowest BCUT2D eigenvalue weighted by Gasteiger charge is -2.04.